The van der Waals surface area contributed by atoms with E-state index in [-0.39, 0.29) is 5.63 Å². The Morgan fingerprint density at radius 2 is 1.94 bits per heavy atom. The second-order valence-electron chi connectivity index (χ2n) is 3.60. The van der Waals surface area contributed by atoms with Crippen LogP contribution in [-0.2, 0) is 0 Å². The molecule has 0 fully saturated rings. The average molecular weight is 330 g/mol. The molecule has 0 amide bonds. The van der Waals surface area contributed by atoms with Gasteiger partial charge in [0.15, 0.2) is 5.58 Å². The Bertz CT molecular complexity index is 614. The van der Waals surface area contributed by atoms with Crippen LogP contribution in [0.1, 0.15) is 11.1 Å². The summed E-state index contributed by atoms with van der Waals surface area (Å²) in [5, 5.41) is 0.960. The first kappa shape index (κ1) is 11.4. The molecule has 4 heteroatoms. The molecule has 0 atom stereocenters. The Kier molecular flexibility index (Phi) is 2.92. The molecule has 84 valence electrons. The Morgan fingerprint density at radius 3 is 2.56 bits per heavy atom. The van der Waals surface area contributed by atoms with E-state index < -0.39 is 0 Å². The molecule has 0 aliphatic carbocycles. The minimum Gasteiger partial charge on any atom is -0.496 e. The van der Waals surface area contributed by atoms with Crippen molar-refractivity contribution in [2.45, 2.75) is 13.8 Å². The third kappa shape index (κ3) is 1.61. The molecule has 0 aliphatic rings. The van der Waals surface area contributed by atoms with Crippen molar-refractivity contribution >= 4 is 33.6 Å². The van der Waals surface area contributed by atoms with Crippen LogP contribution >= 0.6 is 22.6 Å². The highest BCUT2D eigenvalue weighted by Gasteiger charge is 2.12. The zero-order chi connectivity index (χ0) is 11.9. The molecule has 0 aliphatic heterocycles. The van der Waals surface area contributed by atoms with Crippen LogP contribution in [0.2, 0.25) is 0 Å². The summed E-state index contributed by atoms with van der Waals surface area (Å²) in [5.74, 6) is 0.722. The number of ether oxygens (including phenoxy) is 1. The first-order valence-corrected chi connectivity index (χ1v) is 5.90. The van der Waals surface area contributed by atoms with Gasteiger partial charge < -0.3 is 9.15 Å². The number of halogens is 1. The summed E-state index contributed by atoms with van der Waals surface area (Å²) in [7, 11) is 1.60. The summed E-state index contributed by atoms with van der Waals surface area (Å²) in [5.41, 5.74) is 1.95. The number of rotatable bonds is 1. The van der Waals surface area contributed by atoms with Crippen LogP contribution in [0.25, 0.3) is 11.0 Å². The smallest absolute Gasteiger partial charge is 0.339 e. The van der Waals surface area contributed by atoms with E-state index in [2.05, 4.69) is 22.6 Å². The molecular weight excluding hydrogens is 319 g/mol. The van der Waals surface area contributed by atoms with E-state index in [1.165, 1.54) is 0 Å². The van der Waals surface area contributed by atoms with Crippen molar-refractivity contribution in [2.75, 3.05) is 7.11 Å². The zero-order valence-electron chi connectivity index (χ0n) is 9.26. The fraction of sp³-hybridized carbons (Fsp3) is 0.250. The van der Waals surface area contributed by atoms with E-state index >= 15 is 0 Å². The lowest BCUT2D eigenvalue weighted by Gasteiger charge is -2.08. The molecule has 3 nitrogen and oxygen atoms in total. The van der Waals surface area contributed by atoms with Crippen LogP contribution in [0, 0.1) is 17.4 Å². The molecular formula is C12H11IO3. The number of benzene rings is 1. The summed E-state index contributed by atoms with van der Waals surface area (Å²) in [4.78, 5) is 11.6. The van der Waals surface area contributed by atoms with E-state index in [0.29, 0.717) is 11.1 Å². The minimum absolute atomic E-state index is 0.281. The molecule has 0 unspecified atom stereocenters. The molecule has 1 aromatic carbocycles. The molecule has 0 saturated carbocycles. The number of methoxy groups -OCH3 is 1. The van der Waals surface area contributed by atoms with Crippen molar-refractivity contribution in [1.29, 1.82) is 0 Å². The first-order chi connectivity index (χ1) is 7.56. The highest BCUT2D eigenvalue weighted by molar-refractivity contribution is 14.1. The monoisotopic (exact) mass is 330 g/mol. The normalized spacial score (nSPS) is 10.8. The number of hydrogen-bond donors (Lipinski definition) is 0. The van der Waals surface area contributed by atoms with Gasteiger partial charge in [0.2, 0.25) is 0 Å². The first-order valence-electron chi connectivity index (χ1n) is 4.82. The maximum Gasteiger partial charge on any atom is 0.339 e. The Hall–Kier alpha value is -1.04. The van der Waals surface area contributed by atoms with Gasteiger partial charge in [0, 0.05) is 10.9 Å². The van der Waals surface area contributed by atoms with Gasteiger partial charge in [-0.3, -0.25) is 0 Å². The maximum atomic E-state index is 11.6. The topological polar surface area (TPSA) is 39.4 Å². The molecule has 2 aromatic rings. The maximum absolute atomic E-state index is 11.6. The molecule has 0 radical (unpaired) electrons. The third-order valence-electron chi connectivity index (χ3n) is 2.75. The van der Waals surface area contributed by atoms with Gasteiger partial charge in [-0.15, -0.1) is 0 Å². The minimum atomic E-state index is -0.281. The molecule has 1 heterocycles. The van der Waals surface area contributed by atoms with E-state index in [1.54, 1.807) is 14.0 Å². The molecule has 2 rings (SSSR count). The highest BCUT2D eigenvalue weighted by atomic mass is 127. The van der Waals surface area contributed by atoms with Crippen molar-refractivity contribution in [3.63, 3.8) is 0 Å². The van der Waals surface area contributed by atoms with Crippen LogP contribution in [0.3, 0.4) is 0 Å². The fourth-order valence-corrected chi connectivity index (χ4v) is 2.42. The number of aryl methyl sites for hydroxylation is 1. The van der Waals surface area contributed by atoms with E-state index in [4.69, 9.17) is 9.15 Å². The van der Waals surface area contributed by atoms with Gasteiger partial charge in [-0.25, -0.2) is 4.79 Å². The molecule has 0 N–H and O–H groups in total. The zero-order valence-corrected chi connectivity index (χ0v) is 11.4. The number of hydrogen-bond acceptors (Lipinski definition) is 3. The van der Waals surface area contributed by atoms with Crippen LogP contribution in [0.5, 0.6) is 5.75 Å². The summed E-state index contributed by atoms with van der Waals surface area (Å²) >= 11 is 2.13. The summed E-state index contributed by atoms with van der Waals surface area (Å²) in [6.45, 7) is 3.70. The van der Waals surface area contributed by atoms with Gasteiger partial charge in [-0.05, 0) is 54.1 Å². The van der Waals surface area contributed by atoms with E-state index in [1.807, 2.05) is 19.1 Å². The SMILES string of the molecule is COc1ccc2c(C)c(C)c(=O)oc2c1I. The third-order valence-corrected chi connectivity index (χ3v) is 3.77. The van der Waals surface area contributed by atoms with Crippen molar-refractivity contribution in [2.24, 2.45) is 0 Å². The second kappa shape index (κ2) is 4.08. The average Bonchev–Trinajstić information content (AvgIpc) is 2.28. The second-order valence-corrected chi connectivity index (χ2v) is 4.68. The predicted molar refractivity (Wildman–Crippen MR) is 71.2 cm³/mol. The molecule has 16 heavy (non-hydrogen) atoms. The lowest BCUT2D eigenvalue weighted by atomic mass is 10.1. The summed E-state index contributed by atoms with van der Waals surface area (Å²) in [6, 6.07) is 3.80. The van der Waals surface area contributed by atoms with Crippen LogP contribution in [-0.4, -0.2) is 7.11 Å². The molecule has 1 aromatic heterocycles. The van der Waals surface area contributed by atoms with Crippen molar-refractivity contribution in [3.05, 3.63) is 37.2 Å². The van der Waals surface area contributed by atoms with Gasteiger partial charge >= 0.3 is 5.63 Å². The standard InChI is InChI=1S/C12H11IO3/c1-6-7(2)12(14)16-11-8(6)4-5-9(15-3)10(11)13/h4-5H,1-3H3. The van der Waals surface area contributed by atoms with Crippen LogP contribution < -0.4 is 10.4 Å². The lowest BCUT2D eigenvalue weighted by molar-refractivity contribution is 0.410. The van der Waals surface area contributed by atoms with Crippen LogP contribution in [0.4, 0.5) is 0 Å². The van der Waals surface area contributed by atoms with Gasteiger partial charge in [0.25, 0.3) is 0 Å². The quantitative estimate of drug-likeness (QED) is 0.596. The molecule has 0 bridgehead atoms. The number of fused-ring (bicyclic) bond motifs is 1. The van der Waals surface area contributed by atoms with Crippen molar-refractivity contribution in [1.82, 2.24) is 0 Å². The van der Waals surface area contributed by atoms with Gasteiger partial charge in [0.05, 0.1) is 10.7 Å². The Labute approximate surface area is 107 Å². The summed E-state index contributed by atoms with van der Waals surface area (Å²) in [6.07, 6.45) is 0. The highest BCUT2D eigenvalue weighted by Crippen LogP contribution is 2.30. The van der Waals surface area contributed by atoms with Crippen LogP contribution in [0.15, 0.2) is 21.3 Å². The fourth-order valence-electron chi connectivity index (χ4n) is 1.62. The van der Waals surface area contributed by atoms with Gasteiger partial charge in [-0.2, -0.15) is 0 Å². The summed E-state index contributed by atoms with van der Waals surface area (Å²) < 4.78 is 11.3. The van der Waals surface area contributed by atoms with E-state index in [9.17, 15) is 4.79 Å². The Morgan fingerprint density at radius 1 is 1.25 bits per heavy atom. The Balaban J connectivity index is 2.96. The van der Waals surface area contributed by atoms with Crippen molar-refractivity contribution in [3.8, 4) is 5.75 Å². The van der Waals surface area contributed by atoms with Gasteiger partial charge in [0.1, 0.15) is 5.75 Å². The van der Waals surface area contributed by atoms with E-state index in [0.717, 1.165) is 20.3 Å². The largest absolute Gasteiger partial charge is 0.496 e. The predicted octanol–water partition coefficient (Wildman–Crippen LogP) is 3.02. The lowest BCUT2D eigenvalue weighted by Crippen LogP contribution is -2.06. The van der Waals surface area contributed by atoms with Crippen molar-refractivity contribution < 1.29 is 9.15 Å². The van der Waals surface area contributed by atoms with Gasteiger partial charge in [-0.1, -0.05) is 0 Å². The molecule has 0 spiro atoms. The molecule has 0 saturated heterocycles.